The number of unbranched alkanes of at least 4 members (excludes halogenated alkanes) is 1. The van der Waals surface area contributed by atoms with Crippen molar-refractivity contribution in [3.05, 3.63) is 192 Å². The predicted octanol–water partition coefficient (Wildman–Crippen LogP) is 22.3. The molecule has 2 aromatic heterocycles. The molecule has 0 amide bonds. The Bertz CT molecular complexity index is 3770. The normalized spacial score (nSPS) is 12.2. The van der Waals surface area contributed by atoms with Gasteiger partial charge in [0.2, 0.25) is 11.5 Å². The molecule has 0 radical (unpaired) electrons. The predicted molar refractivity (Wildman–Crippen MR) is 359 cm³/mol. The third-order valence-corrected chi connectivity index (χ3v) is 18.6. The summed E-state index contributed by atoms with van der Waals surface area (Å²) >= 11 is 0. The summed E-state index contributed by atoms with van der Waals surface area (Å²) in [5.41, 5.74) is 15.2. The standard InChI is InChI=1S/C78H90F2N2O4/c1-15-23-51-27-31-59-60-32-28-52(24-16-2)40-68(60)81(67(59)39-51)71-45-55(77(9,10)19-5)43-63(73(71)83)65-47-57(79)37-49(7)75(65)85(13)35-21-22-36-86(14)76-50(8)38-58(80)48-66(76)64-44-56(78(11,12)20-6)46-72(74(64)84)82-69-41-53(25-17-3)29-33-61(69)62-34-30-54(26-18-4)42-70(62)82/h27-34,37-48,83-84H,13-26,35-36H2,1-12H3. The number of aromatic nitrogens is 2. The van der Waals surface area contributed by atoms with Gasteiger partial charge in [-0.15, -0.1) is 0 Å². The summed E-state index contributed by atoms with van der Waals surface area (Å²) in [6.07, 6.45) is 10.7. The second-order valence-corrected chi connectivity index (χ2v) is 25.6. The van der Waals surface area contributed by atoms with Crippen LogP contribution in [0.3, 0.4) is 0 Å². The van der Waals surface area contributed by atoms with Gasteiger partial charge in [0.15, 0.2) is 0 Å². The number of fused-ring (bicyclic) bond motifs is 6. The Labute approximate surface area is 510 Å². The minimum atomic E-state index is -0.407. The van der Waals surface area contributed by atoms with Crippen molar-refractivity contribution < 1.29 is 27.7 Å². The number of rotatable bonds is 23. The highest BCUT2D eigenvalue weighted by Crippen LogP contribution is 2.51. The zero-order valence-corrected chi connectivity index (χ0v) is 53.2. The van der Waals surface area contributed by atoms with Crippen LogP contribution in [0.1, 0.15) is 165 Å². The number of hydrogen-bond acceptors (Lipinski definition) is 2. The van der Waals surface area contributed by atoms with E-state index in [9.17, 15) is 10.2 Å². The molecule has 0 aliphatic rings. The summed E-state index contributed by atoms with van der Waals surface area (Å²) in [5, 5.41) is 30.5. The maximum Gasteiger partial charge on any atom is 0.237 e. The number of phenolic OH excluding ortho intramolecular Hbond substituents is 2. The van der Waals surface area contributed by atoms with E-state index in [-0.39, 0.29) is 22.3 Å². The second-order valence-electron chi connectivity index (χ2n) is 25.6. The average Bonchev–Trinajstić information content (AvgIpc) is 1.61. The van der Waals surface area contributed by atoms with Gasteiger partial charge >= 0.3 is 0 Å². The van der Waals surface area contributed by atoms with Crippen LogP contribution in [0.15, 0.2) is 121 Å². The van der Waals surface area contributed by atoms with E-state index < -0.39 is 11.6 Å². The van der Waals surface area contributed by atoms with Crippen molar-refractivity contribution in [2.75, 3.05) is 13.2 Å². The molecule has 0 saturated carbocycles. The van der Waals surface area contributed by atoms with Gasteiger partial charge in [0.25, 0.3) is 0 Å². The maximum atomic E-state index is 16.1. The van der Waals surface area contributed by atoms with Crippen LogP contribution in [-0.2, 0) is 45.2 Å². The van der Waals surface area contributed by atoms with E-state index >= 15 is 8.78 Å². The Kier molecular flexibility index (Phi) is 17.9. The molecular formula is C78H90F2N2O4. The lowest BCUT2D eigenvalue weighted by Gasteiger charge is -2.33. The van der Waals surface area contributed by atoms with Crippen molar-refractivity contribution in [2.45, 2.75) is 171 Å². The minimum Gasteiger partial charge on any atom is -0.711 e. The molecule has 0 aliphatic carbocycles. The Morgan fingerprint density at radius 2 is 0.721 bits per heavy atom. The molecule has 0 saturated heterocycles. The van der Waals surface area contributed by atoms with Crippen LogP contribution in [-0.4, -0.2) is 32.6 Å². The Morgan fingerprint density at radius 1 is 0.419 bits per heavy atom. The lowest BCUT2D eigenvalue weighted by molar-refractivity contribution is 0.00432. The zero-order valence-electron chi connectivity index (χ0n) is 53.2. The summed E-state index contributed by atoms with van der Waals surface area (Å²) < 4.78 is 42.8. The fraction of sp³-hybridized carbons (Fsp3) is 0.359. The van der Waals surface area contributed by atoms with Crippen LogP contribution in [0, 0.1) is 39.7 Å². The number of aromatic hydroxyl groups is 2. The van der Waals surface area contributed by atoms with E-state index in [1.807, 2.05) is 26.0 Å². The van der Waals surface area contributed by atoms with Gasteiger partial charge in [-0.25, -0.2) is 8.78 Å². The molecule has 0 aliphatic heterocycles. The van der Waals surface area contributed by atoms with Crippen LogP contribution >= 0.6 is 0 Å². The van der Waals surface area contributed by atoms with Gasteiger partial charge in [-0.1, -0.05) is 143 Å². The van der Waals surface area contributed by atoms with Crippen LogP contribution in [0.2, 0.25) is 0 Å². The molecule has 8 aromatic carbocycles. The van der Waals surface area contributed by atoms with Gasteiger partial charge in [-0.2, -0.15) is 0 Å². The van der Waals surface area contributed by atoms with Crippen LogP contribution in [0.25, 0.3) is 77.2 Å². The Morgan fingerprint density at radius 3 is 1.00 bits per heavy atom. The Balaban J connectivity index is 1.02. The van der Waals surface area contributed by atoms with Crippen LogP contribution in [0.4, 0.5) is 8.78 Å². The average molecular weight is 1160 g/mol. The highest BCUT2D eigenvalue weighted by Gasteiger charge is 2.31. The topological polar surface area (TPSA) is 55.7 Å². The lowest BCUT2D eigenvalue weighted by atomic mass is 9.80. The minimum absolute atomic E-state index is 0.0651. The molecule has 0 fully saturated rings. The summed E-state index contributed by atoms with van der Waals surface area (Å²) in [6, 6.07) is 41.3. The molecule has 0 bridgehead atoms. The van der Waals surface area contributed by atoms with Crippen molar-refractivity contribution >= 4 is 43.6 Å². The van der Waals surface area contributed by atoms with Gasteiger partial charge in [-0.3, -0.25) is 0 Å². The highest BCUT2D eigenvalue weighted by molar-refractivity contribution is 6.11. The molecule has 0 atom stereocenters. The number of benzene rings is 8. The second kappa shape index (κ2) is 25.0. The zero-order chi connectivity index (χ0) is 61.5. The SMILES string of the molecule is [CH2-][O+](CCCC[O+]([CH2-])c1c(C)cc(F)cc1-c1cc(C(C)(C)CC)cc(-n2c3cc(CCC)ccc3c3ccc(CCC)cc32)c1O)c1c(C)cc(F)cc1-c1cc(C(C)(C)CC)cc(-n2c3cc(CCC)ccc3c3ccc(CCC)cc32)c1O. The third kappa shape index (κ3) is 11.6. The smallest absolute Gasteiger partial charge is 0.237 e. The quantitative estimate of drug-likeness (QED) is 0.0381. The number of aryl methyl sites for hydroxylation is 6. The summed E-state index contributed by atoms with van der Waals surface area (Å²) in [4.78, 5) is 0. The molecule has 0 unspecified atom stereocenters. The molecule has 86 heavy (non-hydrogen) atoms. The Hall–Kier alpha value is -7.58. The molecule has 8 heteroatoms. The fourth-order valence-corrected chi connectivity index (χ4v) is 13.1. The van der Waals surface area contributed by atoms with Crippen LogP contribution < -0.4 is 0 Å². The van der Waals surface area contributed by atoms with Crippen molar-refractivity contribution in [1.29, 1.82) is 0 Å². The van der Waals surface area contributed by atoms with Gasteiger partial charge in [0, 0.05) is 56.6 Å². The highest BCUT2D eigenvalue weighted by atomic mass is 19.1. The third-order valence-electron chi connectivity index (χ3n) is 18.6. The summed E-state index contributed by atoms with van der Waals surface area (Å²) in [7, 11) is 9.07. The molecule has 2 heterocycles. The number of phenols is 2. The van der Waals surface area contributed by atoms with E-state index in [4.69, 9.17) is 0 Å². The molecule has 450 valence electrons. The first-order valence-electron chi connectivity index (χ1n) is 31.7. The largest absolute Gasteiger partial charge is 0.711 e. The summed E-state index contributed by atoms with van der Waals surface area (Å²) in [6.45, 7) is 26.6. The van der Waals surface area contributed by atoms with Gasteiger partial charge < -0.3 is 28.1 Å². The van der Waals surface area contributed by atoms with E-state index in [0.717, 1.165) is 119 Å². The van der Waals surface area contributed by atoms with Crippen molar-refractivity contribution in [3.8, 4) is 56.6 Å². The van der Waals surface area contributed by atoms with E-state index in [0.29, 0.717) is 82.3 Å². The lowest BCUT2D eigenvalue weighted by Crippen LogP contribution is -2.16. The summed E-state index contributed by atoms with van der Waals surface area (Å²) in [5.74, 6) is 0.622. The molecule has 6 nitrogen and oxygen atoms in total. The van der Waals surface area contributed by atoms with Crippen molar-refractivity contribution in [1.82, 2.24) is 9.13 Å². The van der Waals surface area contributed by atoms with Crippen molar-refractivity contribution in [2.24, 2.45) is 0 Å². The van der Waals surface area contributed by atoms with E-state index in [1.165, 1.54) is 46.5 Å². The molecule has 2 N–H and O–H groups in total. The maximum absolute atomic E-state index is 16.1. The van der Waals surface area contributed by atoms with E-state index in [1.54, 1.807) is 0 Å². The first-order chi connectivity index (χ1) is 41.2. The molecule has 0 spiro atoms. The molecule has 10 rings (SSSR count). The van der Waals surface area contributed by atoms with Crippen LogP contribution in [0.5, 0.6) is 23.0 Å². The molecule has 10 aromatic rings. The van der Waals surface area contributed by atoms with Gasteiger partial charge in [-0.05, 0) is 184 Å². The fourth-order valence-electron chi connectivity index (χ4n) is 13.1. The monoisotopic (exact) mass is 1160 g/mol. The first-order valence-corrected chi connectivity index (χ1v) is 31.7. The number of hydrogen-bond donors (Lipinski definition) is 2. The first kappa shape index (κ1) is 61.5. The molecular weight excluding hydrogens is 1070 g/mol. The number of halogens is 2. The number of nitrogens with zero attached hydrogens (tertiary/aromatic N) is 2. The van der Waals surface area contributed by atoms with E-state index in [2.05, 4.69) is 186 Å². The van der Waals surface area contributed by atoms with Gasteiger partial charge in [0.1, 0.15) is 36.3 Å². The van der Waals surface area contributed by atoms with Gasteiger partial charge in [0.05, 0.1) is 44.6 Å². The van der Waals surface area contributed by atoms with Crippen molar-refractivity contribution in [3.63, 3.8) is 0 Å².